The highest BCUT2D eigenvalue weighted by molar-refractivity contribution is 5.99. The SMILES string of the molecule is CC(=N)c1cc[nH]c1C(C)C(C)=O. The monoisotopic (exact) mass is 178 g/mol. The Morgan fingerprint density at radius 3 is 2.62 bits per heavy atom. The Bertz CT molecular complexity index is 338. The fraction of sp³-hybridized carbons (Fsp3) is 0.400. The summed E-state index contributed by atoms with van der Waals surface area (Å²) in [5.74, 6) is -0.0322. The summed E-state index contributed by atoms with van der Waals surface area (Å²) in [5.41, 5.74) is 2.17. The van der Waals surface area contributed by atoms with Gasteiger partial charge in [0.15, 0.2) is 0 Å². The van der Waals surface area contributed by atoms with E-state index in [1.807, 2.05) is 13.0 Å². The molecule has 0 amide bonds. The van der Waals surface area contributed by atoms with Crippen molar-refractivity contribution in [3.8, 4) is 0 Å². The Kier molecular flexibility index (Phi) is 2.66. The van der Waals surface area contributed by atoms with E-state index in [1.54, 1.807) is 20.0 Å². The molecule has 3 nitrogen and oxygen atoms in total. The summed E-state index contributed by atoms with van der Waals surface area (Å²) in [7, 11) is 0. The molecule has 0 bridgehead atoms. The number of rotatable bonds is 3. The first-order valence-electron chi connectivity index (χ1n) is 4.27. The molecule has 2 N–H and O–H groups in total. The Labute approximate surface area is 77.7 Å². The molecule has 0 fully saturated rings. The summed E-state index contributed by atoms with van der Waals surface area (Å²) in [5, 5.41) is 7.50. The van der Waals surface area contributed by atoms with Gasteiger partial charge in [0.25, 0.3) is 0 Å². The van der Waals surface area contributed by atoms with Gasteiger partial charge >= 0.3 is 0 Å². The first-order valence-corrected chi connectivity index (χ1v) is 4.27. The van der Waals surface area contributed by atoms with Gasteiger partial charge in [-0.25, -0.2) is 0 Å². The van der Waals surface area contributed by atoms with E-state index in [4.69, 9.17) is 5.41 Å². The van der Waals surface area contributed by atoms with Crippen LogP contribution in [0, 0.1) is 5.41 Å². The standard InChI is InChI=1S/C10H14N2O/c1-6(8(3)13)10-9(7(2)11)4-5-12-10/h4-6,11-12H,1-3H3. The molecule has 13 heavy (non-hydrogen) atoms. The summed E-state index contributed by atoms with van der Waals surface area (Å²) in [6.07, 6.45) is 1.77. The topological polar surface area (TPSA) is 56.7 Å². The van der Waals surface area contributed by atoms with Crippen molar-refractivity contribution in [2.24, 2.45) is 0 Å². The van der Waals surface area contributed by atoms with Gasteiger partial charge in [0.05, 0.1) is 5.92 Å². The lowest BCUT2D eigenvalue weighted by Crippen LogP contribution is -2.08. The Balaban J connectivity index is 3.07. The molecule has 1 heterocycles. The van der Waals surface area contributed by atoms with E-state index in [0.29, 0.717) is 5.71 Å². The van der Waals surface area contributed by atoms with Crippen LogP contribution in [0.1, 0.15) is 37.9 Å². The van der Waals surface area contributed by atoms with Crippen LogP contribution in [-0.4, -0.2) is 16.5 Å². The van der Waals surface area contributed by atoms with Gasteiger partial charge < -0.3 is 10.4 Å². The van der Waals surface area contributed by atoms with E-state index in [9.17, 15) is 4.79 Å². The molecule has 0 aliphatic carbocycles. The summed E-state index contributed by atoms with van der Waals surface area (Å²) < 4.78 is 0. The van der Waals surface area contributed by atoms with Gasteiger partial charge in [0.1, 0.15) is 5.78 Å². The lowest BCUT2D eigenvalue weighted by Gasteiger charge is -2.07. The van der Waals surface area contributed by atoms with E-state index < -0.39 is 0 Å². The molecule has 1 aromatic rings. The molecule has 1 rings (SSSR count). The number of H-pyrrole nitrogens is 1. The van der Waals surface area contributed by atoms with Crippen LogP contribution in [0.4, 0.5) is 0 Å². The third kappa shape index (κ3) is 1.86. The first kappa shape index (κ1) is 9.71. The fourth-order valence-electron chi connectivity index (χ4n) is 1.27. The van der Waals surface area contributed by atoms with Crippen LogP contribution in [0.15, 0.2) is 12.3 Å². The van der Waals surface area contributed by atoms with E-state index in [1.165, 1.54) is 0 Å². The highest BCUT2D eigenvalue weighted by Gasteiger charge is 2.16. The molecule has 0 saturated carbocycles. The molecule has 1 unspecified atom stereocenters. The van der Waals surface area contributed by atoms with Gasteiger partial charge in [-0.05, 0) is 26.8 Å². The number of carbonyl (C=O) groups is 1. The minimum Gasteiger partial charge on any atom is -0.364 e. The maximum Gasteiger partial charge on any atom is 0.138 e. The Hall–Kier alpha value is -1.38. The largest absolute Gasteiger partial charge is 0.364 e. The summed E-state index contributed by atoms with van der Waals surface area (Å²) in [4.78, 5) is 14.1. The summed E-state index contributed by atoms with van der Waals surface area (Å²) >= 11 is 0. The van der Waals surface area contributed by atoms with Crippen LogP contribution < -0.4 is 0 Å². The summed E-state index contributed by atoms with van der Waals surface area (Å²) in [6, 6.07) is 1.83. The zero-order chi connectivity index (χ0) is 10.0. The highest BCUT2D eigenvalue weighted by atomic mass is 16.1. The quantitative estimate of drug-likeness (QED) is 0.684. The fourth-order valence-corrected chi connectivity index (χ4v) is 1.27. The third-order valence-corrected chi connectivity index (χ3v) is 2.23. The minimum atomic E-state index is -0.148. The van der Waals surface area contributed by atoms with Crippen LogP contribution in [0.3, 0.4) is 0 Å². The van der Waals surface area contributed by atoms with Crippen molar-refractivity contribution in [1.82, 2.24) is 4.98 Å². The molecular weight excluding hydrogens is 164 g/mol. The van der Waals surface area contributed by atoms with Gasteiger partial charge in [-0.2, -0.15) is 0 Å². The molecule has 0 aliphatic heterocycles. The maximum atomic E-state index is 11.1. The molecule has 3 heteroatoms. The van der Waals surface area contributed by atoms with Crippen molar-refractivity contribution in [2.45, 2.75) is 26.7 Å². The average molecular weight is 178 g/mol. The molecule has 0 radical (unpaired) electrons. The van der Waals surface area contributed by atoms with Crippen LogP contribution in [-0.2, 0) is 4.79 Å². The normalized spacial score (nSPS) is 12.5. The van der Waals surface area contributed by atoms with Gasteiger partial charge in [-0.15, -0.1) is 0 Å². The van der Waals surface area contributed by atoms with Gasteiger partial charge in [-0.1, -0.05) is 0 Å². The second-order valence-corrected chi connectivity index (χ2v) is 3.26. The molecule has 1 atom stereocenters. The van der Waals surface area contributed by atoms with E-state index in [0.717, 1.165) is 11.3 Å². The molecule has 1 aromatic heterocycles. The number of hydrogen-bond donors (Lipinski definition) is 2. The summed E-state index contributed by atoms with van der Waals surface area (Å²) in [6.45, 7) is 5.13. The first-order chi connectivity index (χ1) is 6.04. The maximum absolute atomic E-state index is 11.1. The predicted octanol–water partition coefficient (Wildman–Crippen LogP) is 2.09. The molecule has 0 spiro atoms. The second-order valence-electron chi connectivity index (χ2n) is 3.26. The number of hydrogen-bond acceptors (Lipinski definition) is 2. The van der Waals surface area contributed by atoms with E-state index in [2.05, 4.69) is 4.98 Å². The van der Waals surface area contributed by atoms with Crippen molar-refractivity contribution >= 4 is 11.5 Å². The predicted molar refractivity (Wildman–Crippen MR) is 52.4 cm³/mol. The zero-order valence-electron chi connectivity index (χ0n) is 8.14. The van der Waals surface area contributed by atoms with Crippen LogP contribution in [0.5, 0.6) is 0 Å². The number of aromatic amines is 1. The van der Waals surface area contributed by atoms with Crippen molar-refractivity contribution in [3.63, 3.8) is 0 Å². The number of nitrogens with one attached hydrogen (secondary N) is 2. The molecular formula is C10H14N2O. The number of Topliss-reactive ketones (excluding diaryl/α,β-unsaturated/α-hetero) is 1. The van der Waals surface area contributed by atoms with Gasteiger partial charge in [0, 0.05) is 23.2 Å². The second kappa shape index (κ2) is 3.56. The molecule has 0 aromatic carbocycles. The Morgan fingerprint density at radius 2 is 2.15 bits per heavy atom. The minimum absolute atomic E-state index is 0.116. The average Bonchev–Trinajstić information content (AvgIpc) is 2.50. The van der Waals surface area contributed by atoms with Crippen molar-refractivity contribution in [2.75, 3.05) is 0 Å². The van der Waals surface area contributed by atoms with Crippen molar-refractivity contribution in [3.05, 3.63) is 23.5 Å². The van der Waals surface area contributed by atoms with Gasteiger partial charge in [-0.3, -0.25) is 4.79 Å². The van der Waals surface area contributed by atoms with Crippen LogP contribution in [0.2, 0.25) is 0 Å². The third-order valence-electron chi connectivity index (χ3n) is 2.23. The van der Waals surface area contributed by atoms with Crippen molar-refractivity contribution < 1.29 is 4.79 Å². The highest BCUT2D eigenvalue weighted by Crippen LogP contribution is 2.19. The molecule has 0 saturated heterocycles. The van der Waals surface area contributed by atoms with E-state index in [-0.39, 0.29) is 11.7 Å². The van der Waals surface area contributed by atoms with Crippen LogP contribution in [0.25, 0.3) is 0 Å². The van der Waals surface area contributed by atoms with E-state index >= 15 is 0 Å². The molecule has 0 aliphatic rings. The number of carbonyl (C=O) groups excluding carboxylic acids is 1. The van der Waals surface area contributed by atoms with Crippen LogP contribution >= 0.6 is 0 Å². The number of ketones is 1. The number of aromatic nitrogens is 1. The molecule has 70 valence electrons. The Morgan fingerprint density at radius 1 is 1.54 bits per heavy atom. The zero-order valence-corrected chi connectivity index (χ0v) is 8.14. The lowest BCUT2D eigenvalue weighted by atomic mass is 9.98. The van der Waals surface area contributed by atoms with Crippen molar-refractivity contribution in [1.29, 1.82) is 5.41 Å². The lowest BCUT2D eigenvalue weighted by molar-refractivity contribution is -0.118. The van der Waals surface area contributed by atoms with Gasteiger partial charge in [0.2, 0.25) is 0 Å². The smallest absolute Gasteiger partial charge is 0.138 e.